The van der Waals surface area contributed by atoms with Crippen LogP contribution in [-0.2, 0) is 4.79 Å². The van der Waals surface area contributed by atoms with Crippen LogP contribution in [0.25, 0.3) is 0 Å². The maximum atomic E-state index is 11.9. The Hall–Kier alpha value is -0.740. The molecule has 0 aromatic carbocycles. The van der Waals surface area contributed by atoms with Crippen LogP contribution >= 0.6 is 0 Å². The van der Waals surface area contributed by atoms with Gasteiger partial charge in [0.1, 0.15) is 0 Å². The van der Waals surface area contributed by atoms with Crippen molar-refractivity contribution < 1.29 is 18.0 Å². The van der Waals surface area contributed by atoms with Crippen molar-refractivity contribution in [2.45, 2.75) is 32.0 Å². The number of amides is 1. The fraction of sp³-hybridized carbons (Fsp3) is 0.857. The number of hydrogen-bond donors (Lipinski definition) is 0. The molecule has 1 fully saturated rings. The molecule has 0 radical (unpaired) electrons. The number of nitrogens with zero attached hydrogens (tertiary/aromatic N) is 1. The average Bonchev–Trinajstić information content (AvgIpc) is 2.31. The third kappa shape index (κ3) is 1.70. The van der Waals surface area contributed by atoms with Crippen molar-refractivity contribution in [3.05, 3.63) is 0 Å². The zero-order chi connectivity index (χ0) is 9.35. The van der Waals surface area contributed by atoms with Gasteiger partial charge >= 0.3 is 12.1 Å². The summed E-state index contributed by atoms with van der Waals surface area (Å²) in [6, 6.07) is -0.265. The number of hydrogen-bond acceptors (Lipinski definition) is 1. The van der Waals surface area contributed by atoms with Crippen molar-refractivity contribution in [2.75, 3.05) is 6.54 Å². The van der Waals surface area contributed by atoms with E-state index in [2.05, 4.69) is 0 Å². The number of likely N-dealkylation sites (tertiary alicyclic amines) is 1. The number of carbonyl (C=O) groups is 1. The molecule has 0 spiro atoms. The highest BCUT2D eigenvalue weighted by Gasteiger charge is 2.44. The molecule has 1 aliphatic rings. The van der Waals surface area contributed by atoms with Crippen LogP contribution in [-0.4, -0.2) is 29.6 Å². The Kier molecular flexibility index (Phi) is 2.30. The molecule has 1 saturated heterocycles. The Labute approximate surface area is 68.3 Å². The van der Waals surface area contributed by atoms with Crippen LogP contribution in [0.3, 0.4) is 0 Å². The second-order valence-corrected chi connectivity index (χ2v) is 2.99. The van der Waals surface area contributed by atoms with Crippen LogP contribution < -0.4 is 0 Å². The largest absolute Gasteiger partial charge is 0.471 e. The first kappa shape index (κ1) is 9.35. The zero-order valence-corrected chi connectivity index (χ0v) is 6.69. The second-order valence-electron chi connectivity index (χ2n) is 2.99. The zero-order valence-electron chi connectivity index (χ0n) is 6.69. The van der Waals surface area contributed by atoms with E-state index in [1.54, 1.807) is 6.92 Å². The molecular weight excluding hydrogens is 171 g/mol. The first-order valence-electron chi connectivity index (χ1n) is 3.80. The number of carbonyl (C=O) groups excluding carboxylic acids is 1. The Morgan fingerprint density at radius 2 is 2.08 bits per heavy atom. The van der Waals surface area contributed by atoms with Gasteiger partial charge < -0.3 is 4.90 Å². The molecule has 70 valence electrons. The van der Waals surface area contributed by atoms with Gasteiger partial charge in [-0.05, 0) is 19.8 Å². The van der Waals surface area contributed by atoms with Gasteiger partial charge in [0.25, 0.3) is 0 Å². The molecule has 12 heavy (non-hydrogen) atoms. The molecule has 0 saturated carbocycles. The van der Waals surface area contributed by atoms with Crippen molar-refractivity contribution in [3.63, 3.8) is 0 Å². The molecule has 0 aliphatic carbocycles. The minimum Gasteiger partial charge on any atom is -0.332 e. The second kappa shape index (κ2) is 2.95. The summed E-state index contributed by atoms with van der Waals surface area (Å²) in [6.45, 7) is 1.87. The van der Waals surface area contributed by atoms with Gasteiger partial charge in [-0.25, -0.2) is 0 Å². The van der Waals surface area contributed by atoms with Crippen molar-refractivity contribution in [1.82, 2.24) is 4.90 Å². The fourth-order valence-corrected chi connectivity index (χ4v) is 1.40. The molecule has 1 atom stereocenters. The highest BCUT2D eigenvalue weighted by atomic mass is 19.4. The Morgan fingerprint density at radius 1 is 1.50 bits per heavy atom. The summed E-state index contributed by atoms with van der Waals surface area (Å²) >= 11 is 0. The molecular formula is C7H10F3NO. The van der Waals surface area contributed by atoms with Crippen molar-refractivity contribution in [1.29, 1.82) is 0 Å². The average molecular weight is 181 g/mol. The van der Waals surface area contributed by atoms with E-state index in [0.29, 0.717) is 12.8 Å². The Balaban J connectivity index is 2.64. The topological polar surface area (TPSA) is 20.3 Å². The number of halogens is 3. The molecule has 2 nitrogen and oxygen atoms in total. The van der Waals surface area contributed by atoms with E-state index in [-0.39, 0.29) is 12.6 Å². The summed E-state index contributed by atoms with van der Waals surface area (Å²) in [5.74, 6) is -1.70. The lowest BCUT2D eigenvalue weighted by molar-refractivity contribution is -0.186. The lowest BCUT2D eigenvalue weighted by Gasteiger charge is -2.22. The Morgan fingerprint density at radius 3 is 2.42 bits per heavy atom. The standard InChI is InChI=1S/C7H10F3NO/c1-5-3-2-4-11(5)6(12)7(8,9)10/h5H,2-4H2,1H3/t5-/m1/s1. The van der Waals surface area contributed by atoms with Crippen LogP contribution in [0.4, 0.5) is 13.2 Å². The molecule has 0 unspecified atom stereocenters. The summed E-state index contributed by atoms with van der Waals surface area (Å²) in [5.41, 5.74) is 0. The summed E-state index contributed by atoms with van der Waals surface area (Å²) in [6.07, 6.45) is -3.37. The lowest BCUT2D eigenvalue weighted by Crippen LogP contribution is -2.42. The van der Waals surface area contributed by atoms with Crippen LogP contribution in [0.1, 0.15) is 19.8 Å². The monoisotopic (exact) mass is 181 g/mol. The molecule has 0 N–H and O–H groups in total. The van der Waals surface area contributed by atoms with Crippen LogP contribution in [0.5, 0.6) is 0 Å². The van der Waals surface area contributed by atoms with Gasteiger partial charge in [0, 0.05) is 12.6 Å². The Bertz CT molecular complexity index is 190. The SMILES string of the molecule is C[C@@H]1CCCN1C(=O)C(F)(F)F. The molecule has 1 rings (SSSR count). The van der Waals surface area contributed by atoms with Gasteiger partial charge in [-0.3, -0.25) is 4.79 Å². The summed E-state index contributed by atoms with van der Waals surface area (Å²) in [5, 5.41) is 0. The van der Waals surface area contributed by atoms with Gasteiger partial charge in [-0.1, -0.05) is 0 Å². The van der Waals surface area contributed by atoms with Crippen LogP contribution in [0.15, 0.2) is 0 Å². The normalized spacial score (nSPS) is 24.7. The molecule has 1 aliphatic heterocycles. The van der Waals surface area contributed by atoms with E-state index in [0.717, 1.165) is 4.90 Å². The van der Waals surface area contributed by atoms with E-state index < -0.39 is 12.1 Å². The van der Waals surface area contributed by atoms with Crippen molar-refractivity contribution >= 4 is 5.91 Å². The van der Waals surface area contributed by atoms with Crippen molar-refractivity contribution in [3.8, 4) is 0 Å². The third-order valence-corrected chi connectivity index (χ3v) is 2.06. The van der Waals surface area contributed by atoms with E-state index in [9.17, 15) is 18.0 Å². The summed E-state index contributed by atoms with van der Waals surface area (Å²) in [4.78, 5) is 11.6. The van der Waals surface area contributed by atoms with Crippen LogP contribution in [0, 0.1) is 0 Å². The molecule has 0 aromatic rings. The molecule has 0 aromatic heterocycles. The van der Waals surface area contributed by atoms with Gasteiger partial charge in [0.2, 0.25) is 0 Å². The van der Waals surface area contributed by atoms with E-state index in [1.165, 1.54) is 0 Å². The van der Waals surface area contributed by atoms with E-state index in [4.69, 9.17) is 0 Å². The van der Waals surface area contributed by atoms with Crippen molar-refractivity contribution in [2.24, 2.45) is 0 Å². The van der Waals surface area contributed by atoms with E-state index in [1.807, 2.05) is 0 Å². The van der Waals surface area contributed by atoms with Gasteiger partial charge in [-0.15, -0.1) is 0 Å². The first-order valence-corrected chi connectivity index (χ1v) is 3.80. The van der Waals surface area contributed by atoms with Gasteiger partial charge in [0.15, 0.2) is 0 Å². The maximum absolute atomic E-state index is 11.9. The quantitative estimate of drug-likeness (QED) is 0.555. The minimum absolute atomic E-state index is 0.236. The highest BCUT2D eigenvalue weighted by molar-refractivity contribution is 5.82. The molecule has 1 amide bonds. The van der Waals surface area contributed by atoms with Gasteiger partial charge in [-0.2, -0.15) is 13.2 Å². The first-order chi connectivity index (χ1) is 5.43. The molecule has 5 heteroatoms. The lowest BCUT2D eigenvalue weighted by atomic mass is 10.2. The summed E-state index contributed by atoms with van der Waals surface area (Å²) in [7, 11) is 0. The summed E-state index contributed by atoms with van der Waals surface area (Å²) < 4.78 is 35.6. The van der Waals surface area contributed by atoms with E-state index >= 15 is 0 Å². The minimum atomic E-state index is -4.71. The van der Waals surface area contributed by atoms with Crippen LogP contribution in [0.2, 0.25) is 0 Å². The maximum Gasteiger partial charge on any atom is 0.471 e. The van der Waals surface area contributed by atoms with Gasteiger partial charge in [0.05, 0.1) is 0 Å². The third-order valence-electron chi connectivity index (χ3n) is 2.06. The molecule has 0 bridgehead atoms. The fourth-order valence-electron chi connectivity index (χ4n) is 1.40. The number of rotatable bonds is 0. The molecule has 1 heterocycles. The smallest absolute Gasteiger partial charge is 0.332 e. The highest BCUT2D eigenvalue weighted by Crippen LogP contribution is 2.24. The predicted octanol–water partition coefficient (Wildman–Crippen LogP) is 1.56. The number of alkyl halides is 3. The predicted molar refractivity (Wildman–Crippen MR) is 36.5 cm³/mol.